The highest BCUT2D eigenvalue weighted by molar-refractivity contribution is 5.78. The molecule has 4 heteroatoms. The van der Waals surface area contributed by atoms with E-state index in [-0.39, 0.29) is 12.5 Å². The van der Waals surface area contributed by atoms with Crippen LogP contribution in [0.25, 0.3) is 0 Å². The molecule has 0 heterocycles. The Morgan fingerprint density at radius 1 is 1.47 bits per heavy atom. The fourth-order valence-corrected chi connectivity index (χ4v) is 1.14. The van der Waals surface area contributed by atoms with E-state index in [0.29, 0.717) is 12.1 Å². The van der Waals surface area contributed by atoms with E-state index >= 15 is 0 Å². The predicted octanol–water partition coefficient (Wildman–Crippen LogP) is 0.308. The van der Waals surface area contributed by atoms with Gasteiger partial charge in [-0.25, -0.2) is 0 Å². The molecule has 0 saturated carbocycles. The van der Waals surface area contributed by atoms with Crippen molar-refractivity contribution < 1.29 is 9.90 Å². The number of anilines is 1. The summed E-state index contributed by atoms with van der Waals surface area (Å²) in [4.78, 5) is 11.3. The van der Waals surface area contributed by atoms with Crippen LogP contribution in [-0.2, 0) is 11.2 Å². The topological polar surface area (TPSA) is 75.3 Å². The number of nitrogen functional groups attached to an aromatic ring is 1. The second-order valence-electron chi connectivity index (χ2n) is 3.57. The van der Waals surface area contributed by atoms with Crippen LogP contribution in [0, 0.1) is 0 Å². The lowest BCUT2D eigenvalue weighted by atomic mass is 10.1. The molecule has 1 atom stereocenters. The van der Waals surface area contributed by atoms with E-state index in [0.717, 1.165) is 5.56 Å². The van der Waals surface area contributed by atoms with E-state index in [1.165, 1.54) is 0 Å². The first-order valence-corrected chi connectivity index (χ1v) is 4.87. The zero-order chi connectivity index (χ0) is 11.3. The molecule has 4 nitrogen and oxygen atoms in total. The van der Waals surface area contributed by atoms with Crippen molar-refractivity contribution in [3.05, 3.63) is 29.8 Å². The van der Waals surface area contributed by atoms with Gasteiger partial charge in [-0.3, -0.25) is 4.79 Å². The van der Waals surface area contributed by atoms with E-state index in [2.05, 4.69) is 5.32 Å². The molecule has 0 bridgehead atoms. The third kappa shape index (κ3) is 4.46. The van der Waals surface area contributed by atoms with Gasteiger partial charge in [0.15, 0.2) is 0 Å². The molecular weight excluding hydrogens is 192 g/mol. The summed E-state index contributed by atoms with van der Waals surface area (Å²) in [5.74, 6) is -0.0966. The number of amides is 1. The summed E-state index contributed by atoms with van der Waals surface area (Å²) < 4.78 is 0. The van der Waals surface area contributed by atoms with Crippen molar-refractivity contribution in [2.45, 2.75) is 19.4 Å². The number of benzene rings is 1. The van der Waals surface area contributed by atoms with E-state index < -0.39 is 6.10 Å². The van der Waals surface area contributed by atoms with Crippen molar-refractivity contribution in [3.8, 4) is 0 Å². The van der Waals surface area contributed by atoms with Crippen LogP contribution in [0.5, 0.6) is 0 Å². The molecule has 0 radical (unpaired) electrons. The summed E-state index contributed by atoms with van der Waals surface area (Å²) in [6.07, 6.45) is -0.201. The summed E-state index contributed by atoms with van der Waals surface area (Å²) in [7, 11) is 0. The Kier molecular flexibility index (Phi) is 4.12. The van der Waals surface area contributed by atoms with Gasteiger partial charge in [0.25, 0.3) is 0 Å². The Labute approximate surface area is 89.1 Å². The van der Waals surface area contributed by atoms with Crippen LogP contribution in [-0.4, -0.2) is 23.7 Å². The summed E-state index contributed by atoms with van der Waals surface area (Å²) in [6, 6.07) is 7.16. The molecule has 1 amide bonds. The average Bonchev–Trinajstić information content (AvgIpc) is 2.19. The Morgan fingerprint density at radius 3 is 2.60 bits per heavy atom. The molecule has 4 N–H and O–H groups in total. The van der Waals surface area contributed by atoms with Crippen LogP contribution in [0.2, 0.25) is 0 Å². The number of hydrogen-bond acceptors (Lipinski definition) is 3. The third-order valence-electron chi connectivity index (χ3n) is 1.94. The summed E-state index contributed by atoms with van der Waals surface area (Å²) in [6.45, 7) is 1.91. The van der Waals surface area contributed by atoms with Gasteiger partial charge in [0.1, 0.15) is 0 Å². The smallest absolute Gasteiger partial charge is 0.224 e. The number of aliphatic hydroxyl groups excluding tert-OH is 1. The zero-order valence-corrected chi connectivity index (χ0v) is 8.73. The average molecular weight is 208 g/mol. The molecule has 0 aliphatic carbocycles. The molecule has 0 saturated heterocycles. The maximum Gasteiger partial charge on any atom is 0.224 e. The Balaban J connectivity index is 2.41. The van der Waals surface area contributed by atoms with Crippen molar-refractivity contribution in [2.24, 2.45) is 0 Å². The highest BCUT2D eigenvalue weighted by Crippen LogP contribution is 2.05. The number of hydrogen-bond donors (Lipinski definition) is 3. The van der Waals surface area contributed by atoms with Crippen molar-refractivity contribution in [3.63, 3.8) is 0 Å². The lowest BCUT2D eigenvalue weighted by Gasteiger charge is -2.07. The number of nitrogens with one attached hydrogen (secondary N) is 1. The molecule has 82 valence electrons. The van der Waals surface area contributed by atoms with Crippen molar-refractivity contribution in [1.29, 1.82) is 0 Å². The normalized spacial score (nSPS) is 12.1. The largest absolute Gasteiger partial charge is 0.399 e. The second kappa shape index (κ2) is 5.36. The summed E-state index contributed by atoms with van der Waals surface area (Å²) >= 11 is 0. The number of carbonyl (C=O) groups excluding carboxylic acids is 1. The Bertz CT molecular complexity index is 320. The van der Waals surface area contributed by atoms with Gasteiger partial charge in [-0.2, -0.15) is 0 Å². The molecule has 0 aliphatic rings. The fourth-order valence-electron chi connectivity index (χ4n) is 1.14. The molecule has 0 aliphatic heterocycles. The SMILES string of the molecule is C[C@@H](O)CNC(=O)Cc1ccc(N)cc1. The van der Waals surface area contributed by atoms with Gasteiger partial charge in [-0.15, -0.1) is 0 Å². The van der Waals surface area contributed by atoms with Crippen LogP contribution >= 0.6 is 0 Å². The first kappa shape index (κ1) is 11.5. The van der Waals surface area contributed by atoms with E-state index in [1.807, 2.05) is 12.1 Å². The minimum atomic E-state index is -0.514. The van der Waals surface area contributed by atoms with E-state index in [9.17, 15) is 4.79 Å². The summed E-state index contributed by atoms with van der Waals surface area (Å²) in [5.41, 5.74) is 7.12. The minimum Gasteiger partial charge on any atom is -0.399 e. The van der Waals surface area contributed by atoms with Crippen LogP contribution < -0.4 is 11.1 Å². The molecular formula is C11H16N2O2. The van der Waals surface area contributed by atoms with Crippen LogP contribution in [0.15, 0.2) is 24.3 Å². The number of aliphatic hydroxyl groups is 1. The Morgan fingerprint density at radius 2 is 2.07 bits per heavy atom. The van der Waals surface area contributed by atoms with Gasteiger partial charge in [-0.05, 0) is 24.6 Å². The lowest BCUT2D eigenvalue weighted by Crippen LogP contribution is -2.31. The van der Waals surface area contributed by atoms with Crippen molar-refractivity contribution in [2.75, 3.05) is 12.3 Å². The first-order valence-electron chi connectivity index (χ1n) is 4.87. The quantitative estimate of drug-likeness (QED) is 0.623. The molecule has 1 rings (SSSR count). The van der Waals surface area contributed by atoms with Gasteiger partial charge < -0.3 is 16.2 Å². The Hall–Kier alpha value is -1.55. The molecule has 0 unspecified atom stereocenters. The van der Waals surface area contributed by atoms with Gasteiger partial charge in [0.2, 0.25) is 5.91 Å². The third-order valence-corrected chi connectivity index (χ3v) is 1.94. The van der Waals surface area contributed by atoms with Crippen LogP contribution in [0.1, 0.15) is 12.5 Å². The van der Waals surface area contributed by atoms with E-state index in [4.69, 9.17) is 10.8 Å². The zero-order valence-electron chi connectivity index (χ0n) is 8.73. The van der Waals surface area contributed by atoms with Crippen LogP contribution in [0.4, 0.5) is 5.69 Å². The first-order chi connectivity index (χ1) is 7.08. The maximum absolute atomic E-state index is 11.3. The molecule has 1 aromatic rings. The van der Waals surface area contributed by atoms with Gasteiger partial charge >= 0.3 is 0 Å². The van der Waals surface area contributed by atoms with Crippen LogP contribution in [0.3, 0.4) is 0 Å². The summed E-state index contributed by atoms with van der Waals surface area (Å²) in [5, 5.41) is 11.6. The second-order valence-corrected chi connectivity index (χ2v) is 3.57. The monoisotopic (exact) mass is 208 g/mol. The number of nitrogens with two attached hydrogens (primary N) is 1. The van der Waals surface area contributed by atoms with Gasteiger partial charge in [0.05, 0.1) is 12.5 Å². The minimum absolute atomic E-state index is 0.0966. The maximum atomic E-state index is 11.3. The van der Waals surface area contributed by atoms with E-state index in [1.54, 1.807) is 19.1 Å². The van der Waals surface area contributed by atoms with Gasteiger partial charge in [0, 0.05) is 12.2 Å². The molecule has 1 aromatic carbocycles. The fraction of sp³-hybridized carbons (Fsp3) is 0.364. The van der Waals surface area contributed by atoms with Crippen molar-refractivity contribution >= 4 is 11.6 Å². The number of rotatable bonds is 4. The van der Waals surface area contributed by atoms with Crippen molar-refractivity contribution in [1.82, 2.24) is 5.32 Å². The highest BCUT2D eigenvalue weighted by Gasteiger charge is 2.03. The predicted molar refractivity (Wildman–Crippen MR) is 59.2 cm³/mol. The van der Waals surface area contributed by atoms with Gasteiger partial charge in [-0.1, -0.05) is 12.1 Å². The molecule has 0 fully saturated rings. The molecule has 0 aromatic heterocycles. The molecule has 0 spiro atoms. The lowest BCUT2D eigenvalue weighted by molar-refractivity contribution is -0.120. The standard InChI is InChI=1S/C11H16N2O2/c1-8(14)7-13-11(15)6-9-2-4-10(12)5-3-9/h2-5,8,14H,6-7,12H2,1H3,(H,13,15)/t8-/m1/s1. The number of carbonyl (C=O) groups is 1. The highest BCUT2D eigenvalue weighted by atomic mass is 16.3. The molecule has 15 heavy (non-hydrogen) atoms.